The quantitative estimate of drug-likeness (QED) is 0.0878. The number of hydroxylamine groups is 1. The third-order valence-electron chi connectivity index (χ3n) is 7.85. The molecule has 0 fully saturated rings. The van der Waals surface area contributed by atoms with Crippen molar-refractivity contribution >= 4 is 36.8 Å². The number of esters is 1. The van der Waals surface area contributed by atoms with Gasteiger partial charge in [-0.1, -0.05) is 32.9 Å². The SMILES string of the molecule is CCC1(O)C(=O)OCc2c1cc1n(c2=O)Cc2c-1nc1ccc(OCCCCCCC(=O)NO)cc1c2[Si](C)C. The molecule has 0 bridgehead atoms. The van der Waals surface area contributed by atoms with Crippen LogP contribution in [0.2, 0.25) is 13.1 Å². The molecular weight excluding hydrogens is 530 g/mol. The number of amides is 1. The molecule has 3 aromatic rings. The molecule has 2 aliphatic rings. The van der Waals surface area contributed by atoms with Gasteiger partial charge in [-0.25, -0.2) is 15.3 Å². The van der Waals surface area contributed by atoms with E-state index in [-0.39, 0.29) is 24.5 Å². The number of fused-ring (bicyclic) bond motifs is 5. The van der Waals surface area contributed by atoms with Crippen LogP contribution in [0.1, 0.15) is 62.1 Å². The normalized spacial score (nSPS) is 17.4. The van der Waals surface area contributed by atoms with E-state index < -0.39 is 20.4 Å². The van der Waals surface area contributed by atoms with Crippen molar-refractivity contribution < 1.29 is 29.4 Å². The first kappa shape index (κ1) is 28.0. The fourth-order valence-corrected chi connectivity index (χ4v) is 7.25. The van der Waals surface area contributed by atoms with E-state index in [4.69, 9.17) is 19.7 Å². The fourth-order valence-electron chi connectivity index (χ4n) is 5.71. The Hall–Kier alpha value is -3.54. The zero-order valence-corrected chi connectivity index (χ0v) is 24.0. The second-order valence-electron chi connectivity index (χ2n) is 10.6. The lowest BCUT2D eigenvalue weighted by atomic mass is 9.86. The van der Waals surface area contributed by atoms with Gasteiger partial charge in [-0.3, -0.25) is 14.8 Å². The van der Waals surface area contributed by atoms with Crippen LogP contribution in [-0.2, 0) is 33.1 Å². The lowest BCUT2D eigenvalue weighted by molar-refractivity contribution is -0.172. The topological polar surface area (TPSA) is 140 Å². The molecule has 0 saturated carbocycles. The van der Waals surface area contributed by atoms with Gasteiger partial charge in [0.1, 0.15) is 12.4 Å². The van der Waals surface area contributed by atoms with Gasteiger partial charge in [0.25, 0.3) is 5.56 Å². The summed E-state index contributed by atoms with van der Waals surface area (Å²) in [6, 6.07) is 7.61. The van der Waals surface area contributed by atoms with E-state index in [0.717, 1.165) is 53.6 Å². The minimum absolute atomic E-state index is 0.103. The summed E-state index contributed by atoms with van der Waals surface area (Å²) in [7, 11) is -0.995. The Morgan fingerprint density at radius 3 is 2.67 bits per heavy atom. The summed E-state index contributed by atoms with van der Waals surface area (Å²) in [4.78, 5) is 42.1. The molecule has 4 heterocycles. The molecule has 5 rings (SSSR count). The third-order valence-corrected chi connectivity index (χ3v) is 9.42. The Morgan fingerprint density at radius 2 is 1.95 bits per heavy atom. The minimum atomic E-state index is -1.85. The van der Waals surface area contributed by atoms with Crippen LogP contribution < -0.4 is 21.0 Å². The summed E-state index contributed by atoms with van der Waals surface area (Å²) in [5.74, 6) is -0.341. The predicted octanol–water partition coefficient (Wildman–Crippen LogP) is 2.88. The van der Waals surface area contributed by atoms with Crippen LogP contribution in [0.25, 0.3) is 22.3 Å². The van der Waals surface area contributed by atoms with Crippen molar-refractivity contribution in [1.82, 2.24) is 15.0 Å². The average molecular weight is 565 g/mol. The van der Waals surface area contributed by atoms with Gasteiger partial charge in [-0.2, -0.15) is 0 Å². The fraction of sp³-hybridized carbons (Fsp3) is 0.448. The molecular formula is C29H34N3O7Si. The summed E-state index contributed by atoms with van der Waals surface area (Å²) in [6.45, 7) is 6.90. The van der Waals surface area contributed by atoms with Gasteiger partial charge in [0, 0.05) is 17.4 Å². The van der Waals surface area contributed by atoms with Crippen LogP contribution in [0.15, 0.2) is 29.1 Å². The first-order valence-electron chi connectivity index (χ1n) is 13.7. The molecule has 1 radical (unpaired) electrons. The van der Waals surface area contributed by atoms with Gasteiger partial charge < -0.3 is 19.1 Å². The molecule has 0 aliphatic carbocycles. The summed E-state index contributed by atoms with van der Waals surface area (Å²) in [5, 5.41) is 21.9. The average Bonchev–Trinajstić information content (AvgIpc) is 3.31. The second kappa shape index (κ2) is 11.1. The van der Waals surface area contributed by atoms with E-state index in [2.05, 4.69) is 13.1 Å². The van der Waals surface area contributed by atoms with E-state index in [9.17, 15) is 19.5 Å². The van der Waals surface area contributed by atoms with Crippen molar-refractivity contribution in [1.29, 1.82) is 0 Å². The zero-order chi connectivity index (χ0) is 28.6. The molecule has 2 aliphatic heterocycles. The van der Waals surface area contributed by atoms with Crippen molar-refractivity contribution in [2.45, 2.75) is 77.3 Å². The lowest BCUT2D eigenvalue weighted by Crippen LogP contribution is -2.44. The van der Waals surface area contributed by atoms with Crippen LogP contribution in [-0.4, -0.2) is 47.1 Å². The highest BCUT2D eigenvalue weighted by Crippen LogP contribution is 2.38. The predicted molar refractivity (Wildman–Crippen MR) is 150 cm³/mol. The number of benzene rings is 1. The minimum Gasteiger partial charge on any atom is -0.494 e. The Labute approximate surface area is 233 Å². The third kappa shape index (κ3) is 4.82. The van der Waals surface area contributed by atoms with Crippen LogP contribution in [0.5, 0.6) is 5.75 Å². The van der Waals surface area contributed by atoms with Crippen LogP contribution >= 0.6 is 0 Å². The van der Waals surface area contributed by atoms with Crippen LogP contribution in [0.3, 0.4) is 0 Å². The molecule has 211 valence electrons. The maximum absolute atomic E-state index is 13.6. The Kier molecular flexibility index (Phi) is 7.80. The maximum Gasteiger partial charge on any atom is 0.343 e. The number of aromatic nitrogens is 2. The van der Waals surface area contributed by atoms with Crippen LogP contribution in [0.4, 0.5) is 0 Å². The number of ether oxygens (including phenoxy) is 2. The summed E-state index contributed by atoms with van der Waals surface area (Å²) < 4.78 is 12.9. The Morgan fingerprint density at radius 1 is 1.18 bits per heavy atom. The number of cyclic esters (lactones) is 1. The zero-order valence-electron chi connectivity index (χ0n) is 23.0. The summed E-state index contributed by atoms with van der Waals surface area (Å²) in [6.07, 6.45) is 3.78. The van der Waals surface area contributed by atoms with E-state index in [1.54, 1.807) is 23.0 Å². The molecule has 11 heteroatoms. The number of nitrogens with zero attached hydrogens (tertiary/aromatic N) is 2. The molecule has 2 aromatic heterocycles. The van der Waals surface area contributed by atoms with Gasteiger partial charge in [-0.05, 0) is 54.3 Å². The van der Waals surface area contributed by atoms with Crippen molar-refractivity contribution in [2.24, 2.45) is 0 Å². The molecule has 0 saturated heterocycles. The van der Waals surface area contributed by atoms with Gasteiger partial charge in [-0.15, -0.1) is 0 Å². The molecule has 1 amide bonds. The smallest absolute Gasteiger partial charge is 0.343 e. The molecule has 1 atom stereocenters. The number of nitrogens with one attached hydrogen (secondary N) is 1. The van der Waals surface area contributed by atoms with Crippen molar-refractivity contribution in [2.75, 3.05) is 6.61 Å². The van der Waals surface area contributed by atoms with E-state index in [1.165, 1.54) is 5.19 Å². The highest BCUT2D eigenvalue weighted by Gasteiger charge is 2.45. The molecule has 10 nitrogen and oxygen atoms in total. The number of aliphatic hydroxyl groups is 1. The number of hydrogen-bond donors (Lipinski definition) is 3. The van der Waals surface area contributed by atoms with Gasteiger partial charge >= 0.3 is 5.97 Å². The second-order valence-corrected chi connectivity index (χ2v) is 13.1. The van der Waals surface area contributed by atoms with Gasteiger partial charge in [0.05, 0.1) is 44.4 Å². The van der Waals surface area contributed by atoms with Crippen LogP contribution in [0, 0.1) is 0 Å². The Balaban J connectivity index is 1.44. The van der Waals surface area contributed by atoms with Gasteiger partial charge in [0.15, 0.2) is 5.60 Å². The van der Waals surface area contributed by atoms with E-state index in [0.29, 0.717) is 36.4 Å². The number of rotatable bonds is 10. The van der Waals surface area contributed by atoms with Crippen molar-refractivity contribution in [3.63, 3.8) is 0 Å². The number of hydrogen-bond acceptors (Lipinski definition) is 8. The van der Waals surface area contributed by atoms with E-state index >= 15 is 0 Å². The van der Waals surface area contributed by atoms with Crippen molar-refractivity contribution in [3.8, 4) is 17.1 Å². The number of unbranched alkanes of at least 4 members (excludes halogenated alkanes) is 3. The van der Waals surface area contributed by atoms with E-state index in [1.807, 2.05) is 18.2 Å². The van der Waals surface area contributed by atoms with Gasteiger partial charge in [0.2, 0.25) is 5.91 Å². The first-order chi connectivity index (χ1) is 19.2. The molecule has 3 N–H and O–H groups in total. The largest absolute Gasteiger partial charge is 0.494 e. The Bertz CT molecular complexity index is 1550. The number of carbonyl (C=O) groups excluding carboxylic acids is 2. The first-order valence-corrected chi connectivity index (χ1v) is 16.2. The summed E-state index contributed by atoms with van der Waals surface area (Å²) >= 11 is 0. The highest BCUT2D eigenvalue weighted by molar-refractivity contribution is 6.73. The monoisotopic (exact) mass is 564 g/mol. The summed E-state index contributed by atoms with van der Waals surface area (Å²) in [5.41, 5.74) is 3.31. The molecule has 1 aromatic carbocycles. The standard InChI is InChI=1S/C29H34N3O7Si/c1-4-29(36)21-14-23-25-19(15-32(23)27(34)20(21)16-39-28(29)35)26(40(2)3)18-13-17(10-11-22(18)30-25)38-12-8-6-5-7-9-24(33)31-37/h10-11,13-14,36-37H,4-9,12,15-16H2,1-3H3,(H,31,33). The highest BCUT2D eigenvalue weighted by atomic mass is 28.3. The molecule has 1 unspecified atom stereocenters. The molecule has 0 spiro atoms. The molecule has 40 heavy (non-hydrogen) atoms. The maximum atomic E-state index is 13.6. The lowest BCUT2D eigenvalue weighted by Gasteiger charge is -2.31. The number of carbonyl (C=O) groups is 2. The number of pyridine rings is 2. The van der Waals surface area contributed by atoms with Crippen molar-refractivity contribution in [3.05, 3.63) is 51.3 Å².